The quantitative estimate of drug-likeness (QED) is 0.683. The smallest absolute Gasteiger partial charge is 0.00178 e. The van der Waals surface area contributed by atoms with Crippen LogP contribution >= 0.6 is 11.3 Å². The van der Waals surface area contributed by atoms with Crippen LogP contribution in [0.4, 0.5) is 0 Å². The second kappa shape index (κ2) is 7.96. The van der Waals surface area contributed by atoms with Gasteiger partial charge in [0, 0.05) is 0 Å². The lowest BCUT2D eigenvalue weighted by Gasteiger charge is -2.23. The Morgan fingerprint density at radius 2 is 2.22 bits per heavy atom. The molecule has 18 heavy (non-hydrogen) atoms. The highest BCUT2D eigenvalue weighted by Gasteiger charge is 2.24. The van der Waals surface area contributed by atoms with Crippen molar-refractivity contribution in [1.29, 1.82) is 0 Å². The summed E-state index contributed by atoms with van der Waals surface area (Å²) >= 11 is 1.83. The van der Waals surface area contributed by atoms with Crippen LogP contribution in [-0.2, 0) is 6.42 Å². The standard InChI is InChI=1S/C16H27NS/c1-2-10-17-12-16(15-5-3-4-6-15)8-7-14-9-11-18-13-14/h9,11,13,15-17H,2-8,10,12H2,1H3. The van der Waals surface area contributed by atoms with E-state index in [2.05, 4.69) is 29.1 Å². The zero-order valence-corrected chi connectivity index (χ0v) is 12.5. The van der Waals surface area contributed by atoms with E-state index >= 15 is 0 Å². The Morgan fingerprint density at radius 1 is 1.39 bits per heavy atom. The van der Waals surface area contributed by atoms with Gasteiger partial charge < -0.3 is 5.32 Å². The summed E-state index contributed by atoms with van der Waals surface area (Å²) in [6.07, 6.45) is 9.78. The van der Waals surface area contributed by atoms with Crippen LogP contribution in [0.15, 0.2) is 16.8 Å². The van der Waals surface area contributed by atoms with Crippen LogP contribution in [0.1, 0.15) is 51.0 Å². The zero-order valence-electron chi connectivity index (χ0n) is 11.7. The summed E-state index contributed by atoms with van der Waals surface area (Å²) in [4.78, 5) is 0. The first kappa shape index (κ1) is 14.1. The van der Waals surface area contributed by atoms with E-state index in [0.717, 1.165) is 11.8 Å². The average Bonchev–Trinajstić information content (AvgIpc) is 3.06. The van der Waals surface area contributed by atoms with Crippen molar-refractivity contribution in [2.45, 2.75) is 51.9 Å². The van der Waals surface area contributed by atoms with E-state index in [-0.39, 0.29) is 0 Å². The van der Waals surface area contributed by atoms with Crippen molar-refractivity contribution >= 4 is 11.3 Å². The molecule has 1 fully saturated rings. The van der Waals surface area contributed by atoms with E-state index in [9.17, 15) is 0 Å². The second-order valence-corrected chi connectivity index (χ2v) is 6.46. The third kappa shape index (κ3) is 4.40. The maximum atomic E-state index is 3.64. The Bertz CT molecular complexity index is 301. The van der Waals surface area contributed by atoms with Gasteiger partial charge in [-0.25, -0.2) is 0 Å². The Labute approximate surface area is 116 Å². The first-order valence-electron chi connectivity index (χ1n) is 7.62. The van der Waals surface area contributed by atoms with Crippen LogP contribution in [0.3, 0.4) is 0 Å². The molecule has 1 N–H and O–H groups in total. The number of hydrogen-bond donors (Lipinski definition) is 1. The van der Waals surface area contributed by atoms with Gasteiger partial charge in [-0.15, -0.1) is 0 Å². The van der Waals surface area contributed by atoms with Gasteiger partial charge in [0.2, 0.25) is 0 Å². The van der Waals surface area contributed by atoms with E-state index in [0.29, 0.717) is 0 Å². The minimum absolute atomic E-state index is 0.902. The maximum absolute atomic E-state index is 3.64. The van der Waals surface area contributed by atoms with Gasteiger partial charge in [0.05, 0.1) is 0 Å². The zero-order chi connectivity index (χ0) is 12.6. The molecule has 1 nitrogen and oxygen atoms in total. The molecule has 2 heteroatoms. The minimum atomic E-state index is 0.902. The normalized spacial score (nSPS) is 18.3. The van der Waals surface area contributed by atoms with Crippen LogP contribution in [-0.4, -0.2) is 13.1 Å². The molecule has 0 bridgehead atoms. The van der Waals surface area contributed by atoms with E-state index in [1.807, 2.05) is 11.3 Å². The number of nitrogens with one attached hydrogen (secondary N) is 1. The molecule has 0 radical (unpaired) electrons. The van der Waals surface area contributed by atoms with Gasteiger partial charge in [-0.2, -0.15) is 11.3 Å². The number of hydrogen-bond acceptors (Lipinski definition) is 2. The molecule has 102 valence electrons. The molecule has 1 atom stereocenters. The van der Waals surface area contributed by atoms with E-state index < -0.39 is 0 Å². The molecule has 0 aromatic carbocycles. The molecule has 2 rings (SSSR count). The fraction of sp³-hybridized carbons (Fsp3) is 0.750. The van der Waals surface area contributed by atoms with E-state index in [1.54, 1.807) is 5.56 Å². The molecule has 0 spiro atoms. The van der Waals surface area contributed by atoms with Crippen LogP contribution < -0.4 is 5.32 Å². The SMILES string of the molecule is CCCNCC(CCc1ccsc1)C1CCCC1. The third-order valence-corrected chi connectivity index (χ3v) is 5.02. The molecule has 1 aliphatic carbocycles. The van der Waals surface area contributed by atoms with E-state index in [4.69, 9.17) is 0 Å². The van der Waals surface area contributed by atoms with Crippen molar-refractivity contribution in [3.63, 3.8) is 0 Å². The lowest BCUT2D eigenvalue weighted by atomic mass is 9.86. The van der Waals surface area contributed by atoms with Crippen LogP contribution in [0.25, 0.3) is 0 Å². The Morgan fingerprint density at radius 3 is 2.89 bits per heavy atom. The number of rotatable bonds is 8. The van der Waals surface area contributed by atoms with Crippen molar-refractivity contribution in [3.8, 4) is 0 Å². The highest BCUT2D eigenvalue weighted by molar-refractivity contribution is 7.07. The van der Waals surface area contributed by atoms with Crippen LogP contribution in [0, 0.1) is 11.8 Å². The van der Waals surface area contributed by atoms with Crippen LogP contribution in [0.5, 0.6) is 0 Å². The molecule has 0 amide bonds. The largest absolute Gasteiger partial charge is 0.316 e. The van der Waals surface area contributed by atoms with Crippen molar-refractivity contribution in [3.05, 3.63) is 22.4 Å². The molecule has 1 aromatic heterocycles. The molecular formula is C16H27NS. The minimum Gasteiger partial charge on any atom is -0.316 e. The predicted octanol–water partition coefficient (Wildman–Crippen LogP) is 4.49. The molecule has 1 aliphatic rings. The van der Waals surface area contributed by atoms with Crippen molar-refractivity contribution < 1.29 is 0 Å². The predicted molar refractivity (Wildman–Crippen MR) is 81.2 cm³/mol. The molecule has 0 aliphatic heterocycles. The van der Waals surface area contributed by atoms with Crippen LogP contribution in [0.2, 0.25) is 0 Å². The Kier molecular flexibility index (Phi) is 6.22. The average molecular weight is 265 g/mol. The lowest BCUT2D eigenvalue weighted by Crippen LogP contribution is -2.28. The van der Waals surface area contributed by atoms with Gasteiger partial charge in [-0.3, -0.25) is 0 Å². The summed E-state index contributed by atoms with van der Waals surface area (Å²) in [5.41, 5.74) is 1.54. The van der Waals surface area contributed by atoms with Gasteiger partial charge in [0.25, 0.3) is 0 Å². The van der Waals surface area contributed by atoms with E-state index in [1.165, 1.54) is 58.0 Å². The summed E-state index contributed by atoms with van der Waals surface area (Å²) in [5, 5.41) is 8.16. The molecule has 0 saturated heterocycles. The van der Waals surface area contributed by atoms with Crippen molar-refractivity contribution in [2.75, 3.05) is 13.1 Å². The van der Waals surface area contributed by atoms with Gasteiger partial charge in [0.15, 0.2) is 0 Å². The number of aryl methyl sites for hydroxylation is 1. The Balaban J connectivity index is 1.79. The molecule has 1 heterocycles. The molecule has 1 unspecified atom stereocenters. The lowest BCUT2D eigenvalue weighted by molar-refractivity contribution is 0.305. The first-order chi connectivity index (χ1) is 8.90. The second-order valence-electron chi connectivity index (χ2n) is 5.68. The highest BCUT2D eigenvalue weighted by atomic mass is 32.1. The molecule has 1 saturated carbocycles. The highest BCUT2D eigenvalue weighted by Crippen LogP contribution is 2.33. The first-order valence-corrected chi connectivity index (χ1v) is 8.56. The summed E-state index contributed by atoms with van der Waals surface area (Å²) in [7, 11) is 0. The van der Waals surface area contributed by atoms with Gasteiger partial charge in [-0.1, -0.05) is 32.6 Å². The summed E-state index contributed by atoms with van der Waals surface area (Å²) in [6, 6.07) is 2.29. The molecule has 1 aromatic rings. The monoisotopic (exact) mass is 265 g/mol. The van der Waals surface area contributed by atoms with Crippen molar-refractivity contribution in [2.24, 2.45) is 11.8 Å². The fourth-order valence-electron chi connectivity index (χ4n) is 3.18. The van der Waals surface area contributed by atoms with Crippen molar-refractivity contribution in [1.82, 2.24) is 5.32 Å². The number of thiophene rings is 1. The maximum Gasteiger partial charge on any atom is -0.00178 e. The third-order valence-electron chi connectivity index (χ3n) is 4.28. The topological polar surface area (TPSA) is 12.0 Å². The summed E-state index contributed by atoms with van der Waals surface area (Å²) in [6.45, 7) is 4.67. The Hall–Kier alpha value is -0.340. The molecular weight excluding hydrogens is 238 g/mol. The fourth-order valence-corrected chi connectivity index (χ4v) is 3.89. The van der Waals surface area contributed by atoms with Gasteiger partial charge in [-0.05, 0) is 66.6 Å². The summed E-state index contributed by atoms with van der Waals surface area (Å²) in [5.74, 6) is 1.90. The van der Waals surface area contributed by atoms with Gasteiger partial charge >= 0.3 is 0 Å². The summed E-state index contributed by atoms with van der Waals surface area (Å²) < 4.78 is 0. The van der Waals surface area contributed by atoms with Gasteiger partial charge in [0.1, 0.15) is 0 Å².